The lowest BCUT2D eigenvalue weighted by Gasteiger charge is -2.05. The second-order valence-corrected chi connectivity index (χ2v) is 5.75. The molecule has 6 heteroatoms. The van der Waals surface area contributed by atoms with Gasteiger partial charge in [0.15, 0.2) is 0 Å². The number of rotatable bonds is 4. The first kappa shape index (κ1) is 11.6. The average Bonchev–Trinajstić information content (AvgIpc) is 3.01. The van der Waals surface area contributed by atoms with Gasteiger partial charge in [0.05, 0.1) is 4.90 Å². The number of nitrogens with one attached hydrogen (secondary N) is 1. The van der Waals surface area contributed by atoms with E-state index in [9.17, 15) is 13.2 Å². The highest BCUT2D eigenvalue weighted by Gasteiger charge is 2.28. The molecular formula is C10H10ClNO3S. The molecular weight excluding hydrogens is 250 g/mol. The second kappa shape index (κ2) is 4.16. The van der Waals surface area contributed by atoms with Gasteiger partial charge in [0, 0.05) is 11.6 Å². The van der Waals surface area contributed by atoms with Crippen molar-refractivity contribution in [3.05, 3.63) is 29.8 Å². The predicted molar refractivity (Wildman–Crippen MR) is 60.0 cm³/mol. The van der Waals surface area contributed by atoms with Crippen LogP contribution in [0.2, 0.25) is 0 Å². The topological polar surface area (TPSA) is 63.2 Å². The van der Waals surface area contributed by atoms with Crippen LogP contribution in [0.5, 0.6) is 0 Å². The maximum absolute atomic E-state index is 11.8. The summed E-state index contributed by atoms with van der Waals surface area (Å²) in [6, 6.07) is 5.73. The fraction of sp³-hybridized carbons (Fsp3) is 0.300. The molecule has 0 spiro atoms. The lowest BCUT2D eigenvalue weighted by Crippen LogP contribution is -2.25. The van der Waals surface area contributed by atoms with Gasteiger partial charge in [-0.25, -0.2) is 13.1 Å². The molecule has 2 rings (SSSR count). The zero-order chi connectivity index (χ0) is 11.8. The third-order valence-electron chi connectivity index (χ3n) is 2.27. The van der Waals surface area contributed by atoms with Gasteiger partial charge >= 0.3 is 0 Å². The SMILES string of the molecule is O=C(Cl)c1cccc(S(=O)(=O)NC2CC2)c1. The first-order valence-corrected chi connectivity index (χ1v) is 6.67. The normalized spacial score (nSPS) is 16.1. The van der Waals surface area contributed by atoms with E-state index in [0.717, 1.165) is 12.8 Å². The molecule has 0 saturated heterocycles. The summed E-state index contributed by atoms with van der Waals surface area (Å²) in [4.78, 5) is 11.0. The number of hydrogen-bond acceptors (Lipinski definition) is 3. The van der Waals surface area contributed by atoms with Gasteiger partial charge in [0.2, 0.25) is 10.0 Å². The Morgan fingerprint density at radius 1 is 1.38 bits per heavy atom. The van der Waals surface area contributed by atoms with Crippen LogP contribution in [0.25, 0.3) is 0 Å². The first-order chi connectivity index (χ1) is 7.49. The van der Waals surface area contributed by atoms with Crippen LogP contribution < -0.4 is 4.72 Å². The summed E-state index contributed by atoms with van der Waals surface area (Å²) in [7, 11) is -3.51. The maximum atomic E-state index is 11.8. The van der Waals surface area contributed by atoms with E-state index in [4.69, 9.17) is 11.6 Å². The van der Waals surface area contributed by atoms with E-state index in [1.807, 2.05) is 0 Å². The molecule has 0 unspecified atom stereocenters. The van der Waals surface area contributed by atoms with Gasteiger partial charge in [0.25, 0.3) is 5.24 Å². The Kier molecular flexibility index (Phi) is 3.01. The fourth-order valence-electron chi connectivity index (χ4n) is 1.27. The van der Waals surface area contributed by atoms with Crippen molar-refractivity contribution in [2.24, 2.45) is 0 Å². The van der Waals surface area contributed by atoms with Crippen molar-refractivity contribution in [1.82, 2.24) is 4.72 Å². The van der Waals surface area contributed by atoms with Gasteiger partial charge < -0.3 is 0 Å². The van der Waals surface area contributed by atoms with Crippen molar-refractivity contribution in [2.45, 2.75) is 23.8 Å². The largest absolute Gasteiger partial charge is 0.276 e. The molecule has 1 fully saturated rings. The van der Waals surface area contributed by atoms with Crippen LogP contribution in [0.4, 0.5) is 0 Å². The lowest BCUT2D eigenvalue weighted by molar-refractivity contribution is 0.108. The summed E-state index contributed by atoms with van der Waals surface area (Å²) in [6.45, 7) is 0. The van der Waals surface area contributed by atoms with Crippen molar-refractivity contribution in [3.63, 3.8) is 0 Å². The molecule has 1 aliphatic rings. The standard InChI is InChI=1S/C10H10ClNO3S/c11-10(13)7-2-1-3-9(6-7)16(14,15)12-8-4-5-8/h1-3,6,8,12H,4-5H2. The molecule has 0 amide bonds. The fourth-order valence-corrected chi connectivity index (χ4v) is 2.74. The quantitative estimate of drug-likeness (QED) is 0.834. The number of halogens is 1. The molecule has 86 valence electrons. The Morgan fingerprint density at radius 3 is 2.62 bits per heavy atom. The summed E-state index contributed by atoms with van der Waals surface area (Å²) in [5, 5.41) is -0.663. The third kappa shape index (κ3) is 2.61. The Labute approximate surface area is 98.7 Å². The minimum Gasteiger partial charge on any atom is -0.276 e. The highest BCUT2D eigenvalue weighted by Crippen LogP contribution is 2.22. The van der Waals surface area contributed by atoms with E-state index >= 15 is 0 Å². The van der Waals surface area contributed by atoms with Gasteiger partial charge in [0.1, 0.15) is 0 Å². The third-order valence-corrected chi connectivity index (χ3v) is 4.01. The van der Waals surface area contributed by atoms with Gasteiger partial charge in [-0.2, -0.15) is 0 Å². The molecule has 1 aliphatic carbocycles. The number of sulfonamides is 1. The van der Waals surface area contributed by atoms with Crippen LogP contribution in [0.15, 0.2) is 29.2 Å². The molecule has 0 radical (unpaired) electrons. The predicted octanol–water partition coefficient (Wildman–Crippen LogP) is 1.51. The summed E-state index contributed by atoms with van der Waals surface area (Å²) in [5.74, 6) is 0. The smallest absolute Gasteiger partial charge is 0.252 e. The van der Waals surface area contributed by atoms with Crippen LogP contribution in [-0.4, -0.2) is 19.7 Å². The Balaban J connectivity index is 2.31. The van der Waals surface area contributed by atoms with E-state index in [1.54, 1.807) is 0 Å². The molecule has 0 aromatic heterocycles. The number of carbonyl (C=O) groups is 1. The number of carbonyl (C=O) groups excluding carboxylic acids is 1. The summed E-state index contributed by atoms with van der Waals surface area (Å²) >= 11 is 5.29. The zero-order valence-corrected chi connectivity index (χ0v) is 9.88. The number of hydrogen-bond donors (Lipinski definition) is 1. The average molecular weight is 260 g/mol. The van der Waals surface area contributed by atoms with Crippen molar-refractivity contribution >= 4 is 26.9 Å². The molecule has 1 aromatic rings. The van der Waals surface area contributed by atoms with E-state index in [-0.39, 0.29) is 16.5 Å². The van der Waals surface area contributed by atoms with E-state index < -0.39 is 15.3 Å². The molecule has 0 bridgehead atoms. The maximum Gasteiger partial charge on any atom is 0.252 e. The summed E-state index contributed by atoms with van der Waals surface area (Å²) in [6.07, 6.45) is 1.74. The van der Waals surface area contributed by atoms with Crippen molar-refractivity contribution < 1.29 is 13.2 Å². The van der Waals surface area contributed by atoms with E-state index in [1.165, 1.54) is 24.3 Å². The molecule has 1 aromatic carbocycles. The van der Waals surface area contributed by atoms with Gasteiger partial charge in [-0.1, -0.05) is 12.1 Å². The summed E-state index contributed by atoms with van der Waals surface area (Å²) < 4.78 is 26.1. The lowest BCUT2D eigenvalue weighted by atomic mass is 10.2. The zero-order valence-electron chi connectivity index (χ0n) is 8.31. The van der Waals surface area contributed by atoms with Crippen molar-refractivity contribution in [1.29, 1.82) is 0 Å². The van der Waals surface area contributed by atoms with Crippen molar-refractivity contribution in [3.8, 4) is 0 Å². The van der Waals surface area contributed by atoms with Crippen LogP contribution in [0, 0.1) is 0 Å². The Hall–Kier alpha value is -0.910. The highest BCUT2D eigenvalue weighted by molar-refractivity contribution is 7.89. The second-order valence-electron chi connectivity index (χ2n) is 3.70. The van der Waals surface area contributed by atoms with Crippen LogP contribution in [0.3, 0.4) is 0 Å². The molecule has 0 heterocycles. The molecule has 0 aliphatic heterocycles. The highest BCUT2D eigenvalue weighted by atomic mass is 35.5. The number of benzene rings is 1. The Morgan fingerprint density at radius 2 is 2.06 bits per heavy atom. The Bertz CT molecular complexity index is 523. The van der Waals surface area contributed by atoms with Gasteiger partial charge in [-0.15, -0.1) is 0 Å². The van der Waals surface area contributed by atoms with Crippen molar-refractivity contribution in [2.75, 3.05) is 0 Å². The first-order valence-electron chi connectivity index (χ1n) is 4.81. The van der Waals surface area contributed by atoms with E-state index in [2.05, 4.69) is 4.72 Å². The van der Waals surface area contributed by atoms with Gasteiger partial charge in [-0.05, 0) is 36.6 Å². The van der Waals surface area contributed by atoms with E-state index in [0.29, 0.717) is 0 Å². The van der Waals surface area contributed by atoms with Crippen LogP contribution in [0.1, 0.15) is 23.2 Å². The monoisotopic (exact) mass is 259 g/mol. The molecule has 1 N–H and O–H groups in total. The molecule has 1 saturated carbocycles. The molecule has 4 nitrogen and oxygen atoms in total. The molecule has 0 atom stereocenters. The van der Waals surface area contributed by atoms with Gasteiger partial charge in [-0.3, -0.25) is 4.79 Å². The van der Waals surface area contributed by atoms with Crippen LogP contribution in [-0.2, 0) is 10.0 Å². The minimum absolute atomic E-state index is 0.0420. The molecule has 16 heavy (non-hydrogen) atoms. The minimum atomic E-state index is -3.51. The summed E-state index contributed by atoms with van der Waals surface area (Å²) in [5.41, 5.74) is 0.181. The van der Waals surface area contributed by atoms with Crippen LogP contribution >= 0.6 is 11.6 Å².